The lowest BCUT2D eigenvalue weighted by Crippen LogP contribution is -2.56. The Morgan fingerprint density at radius 1 is 0.738 bits per heavy atom. The molecular weight excluding hydrogens is 526 g/mol. The lowest BCUT2D eigenvalue weighted by atomic mass is 9.85. The van der Waals surface area contributed by atoms with Crippen LogP contribution in [0.15, 0.2) is 95.8 Å². The van der Waals surface area contributed by atoms with Gasteiger partial charge >= 0.3 is 6.03 Å². The Morgan fingerprint density at radius 2 is 1.31 bits per heavy atom. The predicted molar refractivity (Wildman–Crippen MR) is 162 cm³/mol. The van der Waals surface area contributed by atoms with E-state index >= 15 is 0 Å². The maximum atomic E-state index is 14.1. The zero-order chi connectivity index (χ0) is 29.3. The largest absolute Gasteiger partial charge is 0.328 e. The SMILES string of the molecule is Cc1c(CN2CCC3(CC2)C(=O)N(Cc2ccccc2)C(=O)N3CCc2ccccc2)c(=O)n(-c2ccccc2)n1C. The first-order chi connectivity index (χ1) is 20.4. The van der Waals surface area contributed by atoms with E-state index in [0.29, 0.717) is 45.4 Å². The highest BCUT2D eigenvalue weighted by atomic mass is 16.2. The van der Waals surface area contributed by atoms with Crippen molar-refractivity contribution in [3.8, 4) is 5.69 Å². The topological polar surface area (TPSA) is 70.8 Å². The van der Waals surface area contributed by atoms with E-state index in [1.165, 1.54) is 4.90 Å². The molecule has 0 radical (unpaired) electrons. The molecule has 42 heavy (non-hydrogen) atoms. The number of carbonyl (C=O) groups is 2. The summed E-state index contributed by atoms with van der Waals surface area (Å²) in [5, 5.41) is 0. The Kier molecular flexibility index (Phi) is 7.56. The van der Waals surface area contributed by atoms with Gasteiger partial charge in [0.25, 0.3) is 11.5 Å². The number of piperidine rings is 1. The molecule has 1 spiro atoms. The van der Waals surface area contributed by atoms with Crippen LogP contribution in [0.5, 0.6) is 0 Å². The van der Waals surface area contributed by atoms with E-state index in [2.05, 4.69) is 17.0 Å². The average Bonchev–Trinajstić information content (AvgIpc) is 3.35. The number of amides is 3. The Balaban J connectivity index is 1.23. The summed E-state index contributed by atoms with van der Waals surface area (Å²) >= 11 is 0. The van der Waals surface area contributed by atoms with Crippen molar-refractivity contribution in [3.63, 3.8) is 0 Å². The zero-order valence-corrected chi connectivity index (χ0v) is 24.3. The van der Waals surface area contributed by atoms with E-state index in [9.17, 15) is 14.4 Å². The van der Waals surface area contributed by atoms with E-state index in [-0.39, 0.29) is 24.0 Å². The third kappa shape index (κ3) is 4.96. The van der Waals surface area contributed by atoms with Crippen LogP contribution in [0.4, 0.5) is 4.79 Å². The zero-order valence-electron chi connectivity index (χ0n) is 24.3. The minimum absolute atomic E-state index is 0.0212. The quantitative estimate of drug-likeness (QED) is 0.296. The molecule has 1 aromatic heterocycles. The Hall–Kier alpha value is -4.43. The highest BCUT2D eigenvalue weighted by Crippen LogP contribution is 2.38. The number of carbonyl (C=O) groups excluding carboxylic acids is 2. The first kappa shape index (κ1) is 27.7. The third-order valence-corrected chi connectivity index (χ3v) is 9.01. The number of nitrogens with zero attached hydrogens (tertiary/aromatic N) is 5. The smallest absolute Gasteiger partial charge is 0.309 e. The van der Waals surface area contributed by atoms with Crippen LogP contribution in [-0.4, -0.2) is 61.2 Å². The van der Waals surface area contributed by atoms with Crippen LogP contribution in [-0.2, 0) is 31.4 Å². The summed E-state index contributed by atoms with van der Waals surface area (Å²) in [5.74, 6) is -0.105. The van der Waals surface area contributed by atoms with Gasteiger partial charge in [0.1, 0.15) is 5.54 Å². The van der Waals surface area contributed by atoms with Crippen molar-refractivity contribution < 1.29 is 9.59 Å². The summed E-state index contributed by atoms with van der Waals surface area (Å²) in [6.07, 6.45) is 1.76. The molecule has 216 valence electrons. The van der Waals surface area contributed by atoms with Crippen molar-refractivity contribution in [3.05, 3.63) is 124 Å². The fourth-order valence-corrected chi connectivity index (χ4v) is 6.48. The first-order valence-electron chi connectivity index (χ1n) is 14.7. The molecule has 0 N–H and O–H groups in total. The number of urea groups is 1. The number of para-hydroxylation sites is 1. The van der Waals surface area contributed by atoms with Gasteiger partial charge in [0.15, 0.2) is 0 Å². The van der Waals surface area contributed by atoms with Crippen LogP contribution in [0.1, 0.15) is 35.2 Å². The first-order valence-corrected chi connectivity index (χ1v) is 14.7. The highest BCUT2D eigenvalue weighted by Gasteiger charge is 2.57. The summed E-state index contributed by atoms with van der Waals surface area (Å²) in [5.41, 5.74) is 3.71. The van der Waals surface area contributed by atoms with Gasteiger partial charge in [0.2, 0.25) is 0 Å². The van der Waals surface area contributed by atoms with E-state index in [1.54, 1.807) is 4.68 Å². The molecule has 8 nitrogen and oxygen atoms in total. The lowest BCUT2D eigenvalue weighted by Gasteiger charge is -2.42. The third-order valence-electron chi connectivity index (χ3n) is 9.01. The Morgan fingerprint density at radius 3 is 1.93 bits per heavy atom. The van der Waals surface area contributed by atoms with Gasteiger partial charge in [0.05, 0.1) is 17.8 Å². The van der Waals surface area contributed by atoms with Crippen LogP contribution in [0, 0.1) is 6.92 Å². The van der Waals surface area contributed by atoms with Crippen LogP contribution < -0.4 is 5.56 Å². The van der Waals surface area contributed by atoms with Crippen molar-refractivity contribution in [1.29, 1.82) is 0 Å². The Labute approximate surface area is 246 Å². The second kappa shape index (κ2) is 11.4. The molecular formula is C34H37N5O3. The lowest BCUT2D eigenvalue weighted by molar-refractivity contribution is -0.136. The van der Waals surface area contributed by atoms with Crippen LogP contribution in [0.25, 0.3) is 5.69 Å². The molecule has 0 unspecified atom stereocenters. The monoisotopic (exact) mass is 563 g/mol. The van der Waals surface area contributed by atoms with Crippen LogP contribution in [0.2, 0.25) is 0 Å². The summed E-state index contributed by atoms with van der Waals surface area (Å²) in [6, 6.07) is 29.2. The molecule has 2 saturated heterocycles. The number of likely N-dealkylation sites (tertiary alicyclic amines) is 1. The van der Waals surface area contributed by atoms with Crippen molar-refractivity contribution in [2.75, 3.05) is 19.6 Å². The minimum atomic E-state index is -0.868. The molecule has 3 amide bonds. The van der Waals surface area contributed by atoms with Gasteiger partial charge in [0, 0.05) is 38.9 Å². The summed E-state index contributed by atoms with van der Waals surface area (Å²) in [6.45, 7) is 4.49. The van der Waals surface area contributed by atoms with E-state index in [0.717, 1.165) is 28.1 Å². The molecule has 6 rings (SSSR count). The molecule has 2 aliphatic rings. The number of imide groups is 1. The molecule has 8 heteroatoms. The van der Waals surface area contributed by atoms with Crippen LogP contribution >= 0.6 is 0 Å². The van der Waals surface area contributed by atoms with Crippen molar-refractivity contribution >= 4 is 11.9 Å². The number of hydrogen-bond donors (Lipinski definition) is 0. The van der Waals surface area contributed by atoms with Crippen molar-refractivity contribution in [1.82, 2.24) is 24.1 Å². The molecule has 0 atom stereocenters. The molecule has 4 aromatic rings. The van der Waals surface area contributed by atoms with Gasteiger partial charge in [-0.15, -0.1) is 0 Å². The van der Waals surface area contributed by atoms with Crippen molar-refractivity contribution in [2.45, 2.75) is 44.8 Å². The molecule has 0 saturated carbocycles. The number of benzene rings is 3. The minimum Gasteiger partial charge on any atom is -0.309 e. The average molecular weight is 564 g/mol. The van der Waals surface area contributed by atoms with Gasteiger partial charge in [-0.3, -0.25) is 24.1 Å². The summed E-state index contributed by atoms with van der Waals surface area (Å²) < 4.78 is 3.62. The fraction of sp³-hybridized carbons (Fsp3) is 0.324. The molecule has 0 aliphatic carbocycles. The number of aromatic nitrogens is 2. The summed E-state index contributed by atoms with van der Waals surface area (Å²) in [4.78, 5) is 46.9. The molecule has 2 fully saturated rings. The second-order valence-electron chi connectivity index (χ2n) is 11.4. The Bertz CT molecular complexity index is 1620. The maximum Gasteiger partial charge on any atom is 0.328 e. The molecule has 3 aromatic carbocycles. The van der Waals surface area contributed by atoms with Gasteiger partial charge < -0.3 is 4.90 Å². The van der Waals surface area contributed by atoms with Gasteiger partial charge in [-0.25, -0.2) is 9.48 Å². The molecule has 3 heterocycles. The second-order valence-corrected chi connectivity index (χ2v) is 11.4. The van der Waals surface area contributed by atoms with Gasteiger partial charge in [-0.2, -0.15) is 0 Å². The number of rotatable bonds is 8. The summed E-state index contributed by atoms with van der Waals surface area (Å²) in [7, 11) is 1.91. The maximum absolute atomic E-state index is 14.1. The van der Waals surface area contributed by atoms with E-state index < -0.39 is 5.54 Å². The van der Waals surface area contributed by atoms with E-state index in [4.69, 9.17) is 0 Å². The normalized spacial score (nSPS) is 17.0. The van der Waals surface area contributed by atoms with Gasteiger partial charge in [-0.1, -0.05) is 78.9 Å². The van der Waals surface area contributed by atoms with Crippen LogP contribution in [0.3, 0.4) is 0 Å². The number of hydrogen-bond acceptors (Lipinski definition) is 4. The standard InChI is InChI=1S/C34H37N5O3/c1-26-30(31(40)39(35(26)2)29-16-10-5-11-17-29)25-36-22-19-34(20-23-36)32(41)37(24-28-14-8-4-9-15-28)33(42)38(34)21-18-27-12-6-3-7-13-27/h3-17H,18-25H2,1-2H3. The molecule has 2 aliphatic heterocycles. The van der Waals surface area contributed by atoms with Crippen molar-refractivity contribution in [2.24, 2.45) is 7.05 Å². The highest BCUT2D eigenvalue weighted by molar-refractivity contribution is 6.07. The van der Waals surface area contributed by atoms with E-state index in [1.807, 2.05) is 102 Å². The predicted octanol–water partition coefficient (Wildman–Crippen LogP) is 4.53. The fourth-order valence-electron chi connectivity index (χ4n) is 6.48. The molecule has 0 bridgehead atoms. The van der Waals surface area contributed by atoms with Gasteiger partial charge in [-0.05, 0) is 49.4 Å².